The first-order valence-corrected chi connectivity index (χ1v) is 6.17. The molecule has 1 amide bonds. The van der Waals surface area contributed by atoms with Crippen molar-refractivity contribution >= 4 is 17.4 Å². The quantitative estimate of drug-likeness (QED) is 0.351. The van der Waals surface area contributed by atoms with Crippen molar-refractivity contribution < 1.29 is 14.4 Å². The summed E-state index contributed by atoms with van der Waals surface area (Å²) in [6.07, 6.45) is 0. The molecule has 0 fully saturated rings. The fourth-order valence-electron chi connectivity index (χ4n) is 1.87. The molecular weight excluding hydrogens is 273 g/mol. The summed E-state index contributed by atoms with van der Waals surface area (Å²) in [5, 5.41) is 14.2. The number of aryl methyl sites for hydroxylation is 1. The number of nitrogens with zero attached hydrogens (tertiary/aromatic N) is 1. The Hall–Kier alpha value is -2.89. The van der Waals surface area contributed by atoms with Gasteiger partial charge in [-0.3, -0.25) is 4.79 Å². The molecule has 2 aromatic rings. The number of hydrogen-bond donors (Lipinski definition) is 3. The number of para-hydroxylation sites is 1. The molecule has 108 valence electrons. The van der Waals surface area contributed by atoms with Crippen LogP contribution in [0.5, 0.6) is 0 Å². The topological polar surface area (TPSA) is 87.7 Å². The zero-order valence-electron chi connectivity index (χ0n) is 11.3. The van der Waals surface area contributed by atoms with Gasteiger partial charge in [-0.05, 0) is 31.2 Å². The number of rotatable bonds is 3. The Morgan fingerprint density at radius 3 is 2.67 bits per heavy atom. The van der Waals surface area contributed by atoms with Gasteiger partial charge in [-0.1, -0.05) is 28.9 Å². The van der Waals surface area contributed by atoms with E-state index in [2.05, 4.69) is 10.5 Å². The van der Waals surface area contributed by atoms with E-state index in [4.69, 9.17) is 10.9 Å². The molecule has 0 aliphatic carbocycles. The van der Waals surface area contributed by atoms with Crippen LogP contribution >= 0.6 is 0 Å². The molecule has 6 heteroatoms. The molecule has 0 unspecified atom stereocenters. The van der Waals surface area contributed by atoms with E-state index in [0.29, 0.717) is 11.3 Å². The summed E-state index contributed by atoms with van der Waals surface area (Å²) < 4.78 is 13.7. The molecule has 0 radical (unpaired) electrons. The minimum atomic E-state index is -0.612. The number of carbonyl (C=O) groups is 1. The fourth-order valence-corrected chi connectivity index (χ4v) is 1.87. The predicted octanol–water partition coefficient (Wildman–Crippen LogP) is 2.48. The van der Waals surface area contributed by atoms with Crippen LogP contribution in [0.25, 0.3) is 0 Å². The molecule has 0 saturated carbocycles. The molecule has 0 heterocycles. The second-order valence-electron chi connectivity index (χ2n) is 4.47. The Morgan fingerprint density at radius 1 is 1.24 bits per heavy atom. The molecule has 0 aliphatic rings. The van der Waals surface area contributed by atoms with Crippen molar-refractivity contribution in [1.29, 1.82) is 0 Å². The molecule has 5 nitrogen and oxygen atoms in total. The largest absolute Gasteiger partial charge is 0.409 e. The van der Waals surface area contributed by atoms with E-state index in [-0.39, 0.29) is 11.4 Å². The van der Waals surface area contributed by atoms with E-state index < -0.39 is 11.7 Å². The Morgan fingerprint density at radius 2 is 1.95 bits per heavy atom. The van der Waals surface area contributed by atoms with Crippen LogP contribution in [0.2, 0.25) is 0 Å². The van der Waals surface area contributed by atoms with Crippen molar-refractivity contribution in [3.63, 3.8) is 0 Å². The van der Waals surface area contributed by atoms with Crippen LogP contribution in [0.4, 0.5) is 10.1 Å². The van der Waals surface area contributed by atoms with Crippen LogP contribution in [0.3, 0.4) is 0 Å². The Balaban J connectivity index is 2.34. The van der Waals surface area contributed by atoms with Crippen LogP contribution in [0, 0.1) is 12.7 Å². The number of oxime groups is 1. The molecule has 0 aliphatic heterocycles. The van der Waals surface area contributed by atoms with Crippen LogP contribution in [-0.2, 0) is 0 Å². The number of anilines is 1. The number of nitrogens with two attached hydrogens (primary N) is 1. The highest BCUT2D eigenvalue weighted by Gasteiger charge is 2.14. The lowest BCUT2D eigenvalue weighted by Gasteiger charge is -2.10. The molecule has 21 heavy (non-hydrogen) atoms. The van der Waals surface area contributed by atoms with E-state index in [1.54, 1.807) is 37.3 Å². The van der Waals surface area contributed by atoms with Gasteiger partial charge in [0.15, 0.2) is 5.84 Å². The maximum Gasteiger partial charge on any atom is 0.258 e. The fraction of sp³-hybridized carbons (Fsp3) is 0.0667. The monoisotopic (exact) mass is 287 g/mol. The number of nitrogens with one attached hydrogen (secondary N) is 1. The van der Waals surface area contributed by atoms with Gasteiger partial charge in [0.1, 0.15) is 5.82 Å². The molecule has 0 bridgehead atoms. The average molecular weight is 287 g/mol. The van der Waals surface area contributed by atoms with E-state index in [9.17, 15) is 9.18 Å². The average Bonchev–Trinajstić information content (AvgIpc) is 2.49. The van der Waals surface area contributed by atoms with E-state index in [0.717, 1.165) is 5.56 Å². The van der Waals surface area contributed by atoms with Crippen molar-refractivity contribution in [2.75, 3.05) is 5.32 Å². The zero-order chi connectivity index (χ0) is 15.4. The number of benzene rings is 2. The second-order valence-corrected chi connectivity index (χ2v) is 4.47. The highest BCUT2D eigenvalue weighted by Crippen LogP contribution is 2.17. The number of amidine groups is 1. The van der Waals surface area contributed by atoms with Gasteiger partial charge < -0.3 is 16.3 Å². The van der Waals surface area contributed by atoms with Gasteiger partial charge in [0, 0.05) is 5.56 Å². The molecule has 0 spiro atoms. The summed E-state index contributed by atoms with van der Waals surface area (Å²) in [6.45, 7) is 1.76. The van der Waals surface area contributed by atoms with Crippen LogP contribution in [0.1, 0.15) is 21.5 Å². The predicted molar refractivity (Wildman–Crippen MR) is 78.0 cm³/mol. The third kappa shape index (κ3) is 3.17. The lowest BCUT2D eigenvalue weighted by Crippen LogP contribution is -2.19. The highest BCUT2D eigenvalue weighted by atomic mass is 19.1. The first kappa shape index (κ1) is 14.5. The molecule has 2 rings (SSSR count). The first-order valence-electron chi connectivity index (χ1n) is 6.17. The summed E-state index contributed by atoms with van der Waals surface area (Å²) in [6, 6.07) is 10.8. The molecule has 0 atom stereocenters. The Labute approximate surface area is 120 Å². The molecule has 2 aromatic carbocycles. The van der Waals surface area contributed by atoms with Gasteiger partial charge in [-0.2, -0.15) is 0 Å². The maximum atomic E-state index is 13.7. The van der Waals surface area contributed by atoms with Gasteiger partial charge in [0.2, 0.25) is 0 Å². The van der Waals surface area contributed by atoms with Crippen LogP contribution in [-0.4, -0.2) is 17.0 Å². The lowest BCUT2D eigenvalue weighted by molar-refractivity contribution is 0.102. The second kappa shape index (κ2) is 6.04. The SMILES string of the molecule is Cc1ccc(F)c(C(=O)Nc2ccccc2C(N)=NO)c1. The summed E-state index contributed by atoms with van der Waals surface area (Å²) in [7, 11) is 0. The molecular formula is C15H14FN3O2. The van der Waals surface area contributed by atoms with Crippen molar-refractivity contribution in [3.8, 4) is 0 Å². The zero-order valence-corrected chi connectivity index (χ0v) is 11.3. The van der Waals surface area contributed by atoms with Gasteiger partial charge in [0.25, 0.3) is 5.91 Å². The smallest absolute Gasteiger partial charge is 0.258 e. The maximum absolute atomic E-state index is 13.7. The van der Waals surface area contributed by atoms with Crippen LogP contribution < -0.4 is 11.1 Å². The summed E-state index contributed by atoms with van der Waals surface area (Å²) in [5.41, 5.74) is 6.92. The summed E-state index contributed by atoms with van der Waals surface area (Å²) >= 11 is 0. The van der Waals surface area contributed by atoms with Gasteiger partial charge in [0.05, 0.1) is 11.3 Å². The first-order chi connectivity index (χ1) is 10.0. The lowest BCUT2D eigenvalue weighted by atomic mass is 10.1. The van der Waals surface area contributed by atoms with Crippen molar-refractivity contribution in [3.05, 3.63) is 65.0 Å². The number of hydrogen-bond acceptors (Lipinski definition) is 3. The summed E-state index contributed by atoms with van der Waals surface area (Å²) in [5.74, 6) is -1.36. The molecule has 0 saturated heterocycles. The minimum Gasteiger partial charge on any atom is -0.409 e. The molecule has 0 aromatic heterocycles. The summed E-state index contributed by atoms with van der Waals surface area (Å²) in [4.78, 5) is 12.2. The Bertz CT molecular complexity index is 714. The van der Waals surface area contributed by atoms with Crippen LogP contribution in [0.15, 0.2) is 47.6 Å². The van der Waals surface area contributed by atoms with E-state index in [1.807, 2.05) is 0 Å². The van der Waals surface area contributed by atoms with Gasteiger partial charge >= 0.3 is 0 Å². The number of halogens is 1. The van der Waals surface area contributed by atoms with E-state index >= 15 is 0 Å². The number of carbonyl (C=O) groups excluding carboxylic acids is 1. The van der Waals surface area contributed by atoms with E-state index in [1.165, 1.54) is 12.1 Å². The highest BCUT2D eigenvalue weighted by molar-refractivity contribution is 6.09. The minimum absolute atomic E-state index is 0.0655. The van der Waals surface area contributed by atoms with Crippen molar-refractivity contribution in [2.24, 2.45) is 10.9 Å². The third-order valence-electron chi connectivity index (χ3n) is 2.93. The third-order valence-corrected chi connectivity index (χ3v) is 2.93. The Kier molecular flexibility index (Phi) is 4.18. The standard InChI is InChI=1S/C15H14FN3O2/c1-9-6-7-12(16)11(8-9)15(20)18-13-5-3-2-4-10(13)14(17)19-21/h2-8,21H,1H3,(H2,17,19)(H,18,20). The van der Waals surface area contributed by atoms with Crippen molar-refractivity contribution in [2.45, 2.75) is 6.92 Å². The normalized spacial score (nSPS) is 11.2. The number of amides is 1. The van der Waals surface area contributed by atoms with Crippen molar-refractivity contribution in [1.82, 2.24) is 0 Å². The molecule has 4 N–H and O–H groups in total. The van der Waals surface area contributed by atoms with Gasteiger partial charge in [-0.15, -0.1) is 0 Å². The van der Waals surface area contributed by atoms with Gasteiger partial charge in [-0.25, -0.2) is 4.39 Å².